The Morgan fingerprint density at radius 3 is 2.43 bits per heavy atom. The molecule has 2 aromatic carbocycles. The van der Waals surface area contributed by atoms with Gasteiger partial charge in [-0.25, -0.2) is 4.98 Å². The maximum absolute atomic E-state index is 13.2. The summed E-state index contributed by atoms with van der Waals surface area (Å²) in [7, 11) is 0. The first-order valence-corrected chi connectivity index (χ1v) is 10.4. The standard InChI is InChI=1S/C21H22ClN3O2S/c1-14(2)25(18(26)12-22)19(20(27)23-13-15-8-4-3-5-9-15)21-24-16-10-6-7-11-17(16)28-21/h3-11,14,19H,12-13H2,1-2H3,(H,23,27). The van der Waals surface area contributed by atoms with Crippen LogP contribution < -0.4 is 5.32 Å². The van der Waals surface area contributed by atoms with Crippen LogP contribution in [0.25, 0.3) is 10.2 Å². The molecule has 1 aromatic heterocycles. The third-order valence-electron chi connectivity index (χ3n) is 4.34. The molecule has 1 unspecified atom stereocenters. The van der Waals surface area contributed by atoms with Gasteiger partial charge in [-0.2, -0.15) is 0 Å². The number of hydrogen-bond donors (Lipinski definition) is 1. The number of halogens is 1. The fourth-order valence-electron chi connectivity index (χ4n) is 3.05. The molecule has 0 spiro atoms. The molecule has 28 heavy (non-hydrogen) atoms. The smallest absolute Gasteiger partial charge is 0.250 e. The lowest BCUT2D eigenvalue weighted by Gasteiger charge is -2.32. The predicted molar refractivity (Wildman–Crippen MR) is 113 cm³/mol. The van der Waals surface area contributed by atoms with E-state index in [0.717, 1.165) is 15.8 Å². The molecule has 5 nitrogen and oxygen atoms in total. The van der Waals surface area contributed by atoms with Crippen molar-refractivity contribution >= 4 is 45.0 Å². The molecule has 0 aliphatic carbocycles. The fraction of sp³-hybridized carbons (Fsp3) is 0.286. The first-order valence-electron chi connectivity index (χ1n) is 9.05. The monoisotopic (exact) mass is 415 g/mol. The van der Waals surface area contributed by atoms with Gasteiger partial charge in [0.05, 0.1) is 10.2 Å². The number of thiazole rings is 1. The van der Waals surface area contributed by atoms with E-state index in [4.69, 9.17) is 11.6 Å². The summed E-state index contributed by atoms with van der Waals surface area (Å²) in [6, 6.07) is 16.3. The third-order valence-corrected chi connectivity index (χ3v) is 5.66. The van der Waals surface area contributed by atoms with E-state index in [-0.39, 0.29) is 23.7 Å². The SMILES string of the molecule is CC(C)N(C(=O)CCl)C(C(=O)NCc1ccccc1)c1nc2ccccc2s1. The third kappa shape index (κ3) is 4.51. The summed E-state index contributed by atoms with van der Waals surface area (Å²) in [5, 5.41) is 3.53. The van der Waals surface area contributed by atoms with E-state index in [1.54, 1.807) is 0 Å². The molecule has 1 N–H and O–H groups in total. The highest BCUT2D eigenvalue weighted by atomic mass is 35.5. The largest absolute Gasteiger partial charge is 0.350 e. The number of para-hydroxylation sites is 1. The lowest BCUT2D eigenvalue weighted by molar-refractivity contribution is -0.141. The van der Waals surface area contributed by atoms with Crippen molar-refractivity contribution in [2.75, 3.05) is 5.88 Å². The first kappa shape index (κ1) is 20.3. The molecular weight excluding hydrogens is 394 g/mol. The number of hydrogen-bond acceptors (Lipinski definition) is 4. The van der Waals surface area contributed by atoms with E-state index >= 15 is 0 Å². The number of amides is 2. The van der Waals surface area contributed by atoms with Crippen molar-refractivity contribution in [1.82, 2.24) is 15.2 Å². The van der Waals surface area contributed by atoms with Crippen LogP contribution in [0, 0.1) is 0 Å². The van der Waals surface area contributed by atoms with Crippen molar-refractivity contribution in [3.63, 3.8) is 0 Å². The molecule has 146 valence electrons. The Labute approximate surface area is 173 Å². The van der Waals surface area contributed by atoms with Gasteiger partial charge in [0, 0.05) is 12.6 Å². The molecule has 1 atom stereocenters. The van der Waals surface area contributed by atoms with Gasteiger partial charge in [-0.05, 0) is 31.5 Å². The molecule has 0 aliphatic rings. The Hall–Kier alpha value is -2.44. The highest BCUT2D eigenvalue weighted by Gasteiger charge is 2.35. The minimum Gasteiger partial charge on any atom is -0.350 e. The van der Waals surface area contributed by atoms with Crippen molar-refractivity contribution in [3.8, 4) is 0 Å². The maximum Gasteiger partial charge on any atom is 0.250 e. The van der Waals surface area contributed by atoms with Crippen LogP contribution in [-0.4, -0.2) is 33.6 Å². The molecule has 7 heteroatoms. The van der Waals surface area contributed by atoms with Crippen molar-refractivity contribution in [1.29, 1.82) is 0 Å². The molecule has 2 amide bonds. The summed E-state index contributed by atoms with van der Waals surface area (Å²) < 4.78 is 0.973. The number of fused-ring (bicyclic) bond motifs is 1. The van der Waals surface area contributed by atoms with Crippen LogP contribution in [0.4, 0.5) is 0 Å². The number of rotatable bonds is 7. The zero-order valence-corrected chi connectivity index (χ0v) is 17.3. The number of nitrogens with zero attached hydrogens (tertiary/aromatic N) is 2. The lowest BCUT2D eigenvalue weighted by atomic mass is 10.1. The van der Waals surface area contributed by atoms with Gasteiger partial charge in [0.1, 0.15) is 10.9 Å². The minimum atomic E-state index is -0.827. The zero-order chi connectivity index (χ0) is 20.1. The lowest BCUT2D eigenvalue weighted by Crippen LogP contribution is -2.47. The summed E-state index contributed by atoms with van der Waals surface area (Å²) in [4.78, 5) is 31.9. The van der Waals surface area contributed by atoms with Gasteiger partial charge in [0.25, 0.3) is 0 Å². The normalized spacial score (nSPS) is 12.1. The van der Waals surface area contributed by atoms with Crippen molar-refractivity contribution < 1.29 is 9.59 Å². The number of benzene rings is 2. The zero-order valence-electron chi connectivity index (χ0n) is 15.8. The molecule has 3 rings (SSSR count). The van der Waals surface area contributed by atoms with Crippen molar-refractivity contribution in [2.45, 2.75) is 32.5 Å². The van der Waals surface area contributed by atoms with Gasteiger partial charge >= 0.3 is 0 Å². The quantitative estimate of drug-likeness (QED) is 0.590. The van der Waals surface area contributed by atoms with Gasteiger partial charge in [0.15, 0.2) is 6.04 Å². The van der Waals surface area contributed by atoms with Crippen molar-refractivity contribution in [3.05, 3.63) is 65.2 Å². The van der Waals surface area contributed by atoms with Crippen LogP contribution in [0.3, 0.4) is 0 Å². The van der Waals surface area contributed by atoms with Gasteiger partial charge in [-0.3, -0.25) is 9.59 Å². The van der Waals surface area contributed by atoms with Crippen LogP contribution in [0.15, 0.2) is 54.6 Å². The van der Waals surface area contributed by atoms with Crippen LogP contribution in [0.2, 0.25) is 0 Å². The molecular formula is C21H22ClN3O2S. The number of alkyl halides is 1. The maximum atomic E-state index is 13.2. The van der Waals surface area contributed by atoms with E-state index in [1.807, 2.05) is 68.4 Å². The van der Waals surface area contributed by atoms with Crippen LogP contribution in [-0.2, 0) is 16.1 Å². The second kappa shape index (κ2) is 9.17. The summed E-state index contributed by atoms with van der Waals surface area (Å²) in [5.41, 5.74) is 1.80. The summed E-state index contributed by atoms with van der Waals surface area (Å²) >= 11 is 7.26. The highest BCUT2D eigenvalue weighted by molar-refractivity contribution is 7.18. The average Bonchev–Trinajstić information content (AvgIpc) is 3.13. The summed E-state index contributed by atoms with van der Waals surface area (Å²) in [6.07, 6.45) is 0. The molecule has 3 aromatic rings. The first-order chi connectivity index (χ1) is 13.5. The Balaban J connectivity index is 1.95. The number of carbonyl (C=O) groups excluding carboxylic acids is 2. The van der Waals surface area contributed by atoms with Gasteiger partial charge in [-0.15, -0.1) is 22.9 Å². The fourth-order valence-corrected chi connectivity index (χ4v) is 4.25. The van der Waals surface area contributed by atoms with Crippen molar-refractivity contribution in [2.24, 2.45) is 0 Å². The Kier molecular flexibility index (Phi) is 6.65. The molecule has 0 radical (unpaired) electrons. The van der Waals surface area contributed by atoms with E-state index in [1.165, 1.54) is 16.2 Å². The molecule has 0 saturated heterocycles. The van der Waals surface area contributed by atoms with Crippen LogP contribution >= 0.6 is 22.9 Å². The van der Waals surface area contributed by atoms with Crippen LogP contribution in [0.1, 0.15) is 30.5 Å². The molecule has 1 heterocycles. The second-order valence-electron chi connectivity index (χ2n) is 6.65. The highest BCUT2D eigenvalue weighted by Crippen LogP contribution is 2.31. The van der Waals surface area contributed by atoms with E-state index in [2.05, 4.69) is 10.3 Å². The topological polar surface area (TPSA) is 62.3 Å². The van der Waals surface area contributed by atoms with Crippen LogP contribution in [0.5, 0.6) is 0 Å². The molecule has 0 bridgehead atoms. The summed E-state index contributed by atoms with van der Waals surface area (Å²) in [5.74, 6) is -0.753. The predicted octanol–water partition coefficient (Wildman–Crippen LogP) is 4.13. The molecule has 0 aliphatic heterocycles. The summed E-state index contributed by atoms with van der Waals surface area (Å²) in [6.45, 7) is 4.12. The Morgan fingerprint density at radius 1 is 1.11 bits per heavy atom. The second-order valence-corrected chi connectivity index (χ2v) is 7.98. The molecule has 0 fully saturated rings. The van der Waals surface area contributed by atoms with Gasteiger partial charge in [-0.1, -0.05) is 42.5 Å². The van der Waals surface area contributed by atoms with Gasteiger partial charge < -0.3 is 10.2 Å². The molecule has 0 saturated carbocycles. The Bertz CT molecular complexity index is 925. The van der Waals surface area contributed by atoms with E-state index in [9.17, 15) is 9.59 Å². The number of nitrogens with one attached hydrogen (secondary N) is 1. The van der Waals surface area contributed by atoms with E-state index < -0.39 is 6.04 Å². The average molecular weight is 416 g/mol. The van der Waals surface area contributed by atoms with E-state index in [0.29, 0.717) is 11.6 Å². The number of aromatic nitrogens is 1. The Morgan fingerprint density at radius 2 is 1.79 bits per heavy atom. The minimum absolute atomic E-state index is 0.189. The number of carbonyl (C=O) groups is 2. The van der Waals surface area contributed by atoms with Gasteiger partial charge in [0.2, 0.25) is 11.8 Å².